The minimum atomic E-state index is -0.577. The highest BCUT2D eigenvalue weighted by atomic mass is 35.5. The van der Waals surface area contributed by atoms with Crippen molar-refractivity contribution >= 4 is 12.4 Å². The van der Waals surface area contributed by atoms with Crippen LogP contribution >= 0.6 is 12.4 Å². The first-order chi connectivity index (χ1) is 7.10. The average molecular weight is 248 g/mol. The van der Waals surface area contributed by atoms with Crippen LogP contribution in [0.5, 0.6) is 0 Å². The molecular formula is C10H18ClN3O2. The number of hydrogen-bond donors (Lipinski definition) is 2. The summed E-state index contributed by atoms with van der Waals surface area (Å²) in [7, 11) is 0. The monoisotopic (exact) mass is 247 g/mol. The van der Waals surface area contributed by atoms with Crippen molar-refractivity contribution in [3.8, 4) is 0 Å². The fourth-order valence-corrected chi connectivity index (χ4v) is 2.36. The smallest absolute Gasteiger partial charge is 0.319 e. The van der Waals surface area contributed by atoms with Gasteiger partial charge in [0.05, 0.1) is 5.54 Å². The molecule has 1 heterocycles. The molecule has 1 fully saturated rings. The summed E-state index contributed by atoms with van der Waals surface area (Å²) < 4.78 is 4.50. The van der Waals surface area contributed by atoms with Crippen molar-refractivity contribution in [2.75, 3.05) is 0 Å². The van der Waals surface area contributed by atoms with Gasteiger partial charge in [-0.3, -0.25) is 9.51 Å². The Hall–Kier alpha value is -0.810. The molecule has 92 valence electrons. The normalized spacial score (nSPS) is 21.1. The quantitative estimate of drug-likeness (QED) is 0.830. The molecule has 0 bridgehead atoms. The second kappa shape index (κ2) is 5.01. The Balaban J connectivity index is 0.00000128. The van der Waals surface area contributed by atoms with Crippen LogP contribution in [0.4, 0.5) is 0 Å². The highest BCUT2D eigenvalue weighted by molar-refractivity contribution is 5.85. The molecule has 1 aromatic heterocycles. The predicted octanol–water partition coefficient (Wildman–Crippen LogP) is 1.54. The molecule has 1 aromatic rings. The Morgan fingerprint density at radius 3 is 2.56 bits per heavy atom. The van der Waals surface area contributed by atoms with Crippen molar-refractivity contribution in [2.24, 2.45) is 11.7 Å². The first kappa shape index (κ1) is 13.3. The second-order valence-electron chi connectivity index (χ2n) is 4.56. The molecule has 2 rings (SSSR count). The molecule has 0 saturated heterocycles. The Morgan fingerprint density at radius 2 is 2.06 bits per heavy atom. The summed E-state index contributed by atoms with van der Waals surface area (Å²) in [4.78, 5) is 13.4. The number of H-pyrrole nitrogens is 1. The molecule has 0 aromatic carbocycles. The molecule has 1 aliphatic rings. The predicted molar refractivity (Wildman–Crippen MR) is 62.5 cm³/mol. The number of nitrogens with one attached hydrogen (secondary N) is 1. The number of nitrogens with two attached hydrogens (primary N) is 1. The van der Waals surface area contributed by atoms with Crippen LogP contribution in [0.1, 0.15) is 44.9 Å². The number of nitrogens with zero attached hydrogens (tertiary/aromatic N) is 1. The summed E-state index contributed by atoms with van der Waals surface area (Å²) >= 11 is 0. The number of hydrogen-bond acceptors (Lipinski definition) is 4. The Morgan fingerprint density at radius 1 is 1.44 bits per heavy atom. The summed E-state index contributed by atoms with van der Waals surface area (Å²) in [5.41, 5.74) is 5.66. The Kier molecular flexibility index (Phi) is 4.15. The maximum atomic E-state index is 10.9. The topological polar surface area (TPSA) is 84.9 Å². The lowest BCUT2D eigenvalue weighted by atomic mass is 9.76. The van der Waals surface area contributed by atoms with Crippen LogP contribution in [0.2, 0.25) is 0 Å². The third-order valence-electron chi connectivity index (χ3n) is 3.40. The fraction of sp³-hybridized carbons (Fsp3) is 0.800. The van der Waals surface area contributed by atoms with Crippen LogP contribution in [0.15, 0.2) is 9.32 Å². The lowest BCUT2D eigenvalue weighted by molar-refractivity contribution is 0.209. The van der Waals surface area contributed by atoms with Crippen molar-refractivity contribution in [2.45, 2.75) is 44.6 Å². The Bertz CT molecular complexity index is 379. The standard InChI is InChI=1S/C10H17N3O2.ClH/c1-10(11,7-5-3-2-4-6-7)8-12-9(14)15-13-8;/h7H,2-6,11H2,1H3,(H,12,13,14);1H. The molecule has 0 aliphatic heterocycles. The molecule has 16 heavy (non-hydrogen) atoms. The molecule has 0 spiro atoms. The third kappa shape index (κ3) is 2.47. The maximum absolute atomic E-state index is 10.9. The molecule has 0 radical (unpaired) electrons. The third-order valence-corrected chi connectivity index (χ3v) is 3.40. The van der Waals surface area contributed by atoms with Gasteiger partial charge in [-0.05, 0) is 25.7 Å². The van der Waals surface area contributed by atoms with E-state index in [0.29, 0.717) is 11.7 Å². The van der Waals surface area contributed by atoms with Crippen molar-refractivity contribution in [3.05, 3.63) is 16.4 Å². The summed E-state index contributed by atoms with van der Waals surface area (Å²) in [6, 6.07) is 0. The molecule has 0 amide bonds. The van der Waals surface area contributed by atoms with E-state index in [1.54, 1.807) is 0 Å². The van der Waals surface area contributed by atoms with E-state index in [4.69, 9.17) is 5.73 Å². The first-order valence-corrected chi connectivity index (χ1v) is 5.46. The molecule has 1 aliphatic carbocycles. The summed E-state index contributed by atoms with van der Waals surface area (Å²) in [5.74, 6) is 0.323. The highest BCUT2D eigenvalue weighted by Crippen LogP contribution is 2.35. The number of aromatic amines is 1. The first-order valence-electron chi connectivity index (χ1n) is 5.46. The van der Waals surface area contributed by atoms with Crippen molar-refractivity contribution < 1.29 is 4.52 Å². The zero-order chi connectivity index (χ0) is 10.9. The van der Waals surface area contributed by atoms with E-state index in [1.165, 1.54) is 19.3 Å². The second-order valence-corrected chi connectivity index (χ2v) is 4.56. The van der Waals surface area contributed by atoms with Crippen molar-refractivity contribution in [3.63, 3.8) is 0 Å². The lowest BCUT2D eigenvalue weighted by Crippen LogP contribution is -2.43. The number of halogens is 1. The Labute approximate surface area is 100 Å². The zero-order valence-electron chi connectivity index (χ0n) is 9.36. The van der Waals surface area contributed by atoms with E-state index in [9.17, 15) is 4.79 Å². The van der Waals surface area contributed by atoms with E-state index in [1.807, 2.05) is 6.92 Å². The van der Waals surface area contributed by atoms with Gasteiger partial charge < -0.3 is 5.73 Å². The van der Waals surface area contributed by atoms with Crippen LogP contribution in [0.3, 0.4) is 0 Å². The molecule has 1 unspecified atom stereocenters. The van der Waals surface area contributed by atoms with Gasteiger partial charge in [0.15, 0.2) is 5.82 Å². The summed E-state index contributed by atoms with van der Waals surface area (Å²) in [6.45, 7) is 1.91. The lowest BCUT2D eigenvalue weighted by Gasteiger charge is -2.34. The SMILES string of the molecule is CC(N)(c1noc(=O)[nH]1)C1CCCCC1.Cl. The van der Waals surface area contributed by atoms with Crippen LogP contribution in [-0.2, 0) is 5.54 Å². The average Bonchev–Trinajstić information content (AvgIpc) is 2.67. The van der Waals surface area contributed by atoms with E-state index in [0.717, 1.165) is 12.8 Å². The van der Waals surface area contributed by atoms with Crippen molar-refractivity contribution in [1.29, 1.82) is 0 Å². The van der Waals surface area contributed by atoms with Gasteiger partial charge in [-0.15, -0.1) is 12.4 Å². The molecule has 5 nitrogen and oxygen atoms in total. The van der Waals surface area contributed by atoms with E-state index < -0.39 is 11.3 Å². The molecule has 3 N–H and O–H groups in total. The van der Waals surface area contributed by atoms with Gasteiger partial charge in [0.25, 0.3) is 0 Å². The van der Waals surface area contributed by atoms with E-state index in [2.05, 4.69) is 14.7 Å². The molecular weight excluding hydrogens is 230 g/mol. The van der Waals surface area contributed by atoms with Crippen molar-refractivity contribution in [1.82, 2.24) is 10.1 Å². The van der Waals surface area contributed by atoms with Crippen LogP contribution in [0.25, 0.3) is 0 Å². The number of aromatic nitrogens is 2. The zero-order valence-corrected chi connectivity index (χ0v) is 10.2. The van der Waals surface area contributed by atoms with E-state index in [-0.39, 0.29) is 12.4 Å². The number of rotatable bonds is 2. The summed E-state index contributed by atoms with van der Waals surface area (Å²) in [5, 5.41) is 3.69. The summed E-state index contributed by atoms with van der Waals surface area (Å²) in [6.07, 6.45) is 5.89. The molecule has 1 atom stereocenters. The minimum Gasteiger partial charge on any atom is -0.319 e. The van der Waals surface area contributed by atoms with Crippen LogP contribution in [-0.4, -0.2) is 10.1 Å². The minimum absolute atomic E-state index is 0. The maximum Gasteiger partial charge on any atom is 0.438 e. The highest BCUT2D eigenvalue weighted by Gasteiger charge is 2.36. The van der Waals surface area contributed by atoms with Gasteiger partial charge in [-0.2, -0.15) is 0 Å². The molecule has 6 heteroatoms. The largest absolute Gasteiger partial charge is 0.438 e. The van der Waals surface area contributed by atoms with Crippen LogP contribution < -0.4 is 11.5 Å². The fourth-order valence-electron chi connectivity index (χ4n) is 2.36. The van der Waals surface area contributed by atoms with Gasteiger partial charge in [-0.25, -0.2) is 4.79 Å². The van der Waals surface area contributed by atoms with Gasteiger partial charge in [0, 0.05) is 0 Å². The van der Waals surface area contributed by atoms with Gasteiger partial charge in [0.1, 0.15) is 0 Å². The molecule has 1 saturated carbocycles. The van der Waals surface area contributed by atoms with Gasteiger partial charge >= 0.3 is 5.76 Å². The van der Waals surface area contributed by atoms with Gasteiger partial charge in [0.2, 0.25) is 0 Å². The van der Waals surface area contributed by atoms with Crippen LogP contribution in [0, 0.1) is 5.92 Å². The van der Waals surface area contributed by atoms with E-state index >= 15 is 0 Å². The van der Waals surface area contributed by atoms with Gasteiger partial charge in [-0.1, -0.05) is 24.4 Å².